The molecule has 46 heavy (non-hydrogen) atoms. The zero-order valence-corrected chi connectivity index (χ0v) is 25.2. The summed E-state index contributed by atoms with van der Waals surface area (Å²) in [6.07, 6.45) is 0. The molecule has 0 aliphatic rings. The molecule has 10 rings (SSSR count). The van der Waals surface area contributed by atoms with Crippen LogP contribution < -0.4 is 0 Å². The highest BCUT2D eigenvalue weighted by atomic mass is 16.3. The second kappa shape index (κ2) is 9.47. The first-order valence-corrected chi connectivity index (χ1v) is 15.8. The summed E-state index contributed by atoms with van der Waals surface area (Å²) in [6, 6.07) is 54.7. The van der Waals surface area contributed by atoms with Crippen LogP contribution in [-0.2, 0) is 0 Å². The molecule has 0 bridgehead atoms. The van der Waals surface area contributed by atoms with Crippen LogP contribution in [0, 0.1) is 6.92 Å². The molecule has 3 heterocycles. The zero-order chi connectivity index (χ0) is 30.4. The SMILES string of the molecule is Cc1cc(-c2cccc(-n3c4ccccc4c4ccccc43)c2)cc2c1oc1ccc(-n3c4ccccc4c4ccccc43)cc12. The summed E-state index contributed by atoms with van der Waals surface area (Å²) in [5, 5.41) is 7.31. The Morgan fingerprint density at radius 3 is 1.48 bits per heavy atom. The molecule has 0 fully saturated rings. The van der Waals surface area contributed by atoms with Gasteiger partial charge in [-0.05, 0) is 90.3 Å². The molecule has 0 aliphatic heterocycles. The number of fused-ring (bicyclic) bond motifs is 9. The van der Waals surface area contributed by atoms with Crippen molar-refractivity contribution in [3.63, 3.8) is 0 Å². The summed E-state index contributed by atoms with van der Waals surface area (Å²) in [5.41, 5.74) is 12.4. The van der Waals surface area contributed by atoms with Gasteiger partial charge in [0.2, 0.25) is 0 Å². The third-order valence-corrected chi connectivity index (χ3v) is 9.60. The minimum atomic E-state index is 0.902. The molecule has 7 aromatic carbocycles. The number of furan rings is 1. The topological polar surface area (TPSA) is 23.0 Å². The Labute approximate surface area is 265 Å². The smallest absolute Gasteiger partial charge is 0.138 e. The molecule has 216 valence electrons. The molecule has 3 nitrogen and oxygen atoms in total. The normalized spacial score (nSPS) is 12.0. The Bertz CT molecular complexity index is 2720. The van der Waals surface area contributed by atoms with Gasteiger partial charge in [-0.15, -0.1) is 0 Å². The average molecular weight is 589 g/mol. The van der Waals surface area contributed by atoms with Gasteiger partial charge in [-0.3, -0.25) is 0 Å². The summed E-state index contributed by atoms with van der Waals surface area (Å²) in [5.74, 6) is 0. The van der Waals surface area contributed by atoms with E-state index >= 15 is 0 Å². The molecule has 0 saturated carbocycles. The van der Waals surface area contributed by atoms with E-state index in [-0.39, 0.29) is 0 Å². The van der Waals surface area contributed by atoms with Gasteiger partial charge >= 0.3 is 0 Å². The predicted molar refractivity (Wildman–Crippen MR) is 193 cm³/mol. The summed E-state index contributed by atoms with van der Waals surface area (Å²) in [4.78, 5) is 0. The van der Waals surface area contributed by atoms with Gasteiger partial charge < -0.3 is 13.6 Å². The lowest BCUT2D eigenvalue weighted by Gasteiger charge is -2.11. The number of hydrogen-bond donors (Lipinski definition) is 0. The first kappa shape index (κ1) is 25.3. The van der Waals surface area contributed by atoms with E-state index in [1.165, 1.54) is 54.7 Å². The summed E-state index contributed by atoms with van der Waals surface area (Å²) in [7, 11) is 0. The largest absolute Gasteiger partial charge is 0.456 e. The van der Waals surface area contributed by atoms with E-state index in [0.717, 1.165) is 38.9 Å². The van der Waals surface area contributed by atoms with Crippen molar-refractivity contribution in [1.82, 2.24) is 9.13 Å². The summed E-state index contributed by atoms with van der Waals surface area (Å²) in [6.45, 7) is 2.15. The molecule has 10 aromatic rings. The zero-order valence-electron chi connectivity index (χ0n) is 25.2. The predicted octanol–water partition coefficient (Wildman–Crippen LogP) is 11.8. The van der Waals surface area contributed by atoms with Gasteiger partial charge in [0.1, 0.15) is 11.2 Å². The third-order valence-electron chi connectivity index (χ3n) is 9.60. The van der Waals surface area contributed by atoms with Crippen molar-refractivity contribution in [1.29, 1.82) is 0 Å². The Kier molecular flexibility index (Phi) is 5.20. The first-order chi connectivity index (χ1) is 22.7. The lowest BCUT2D eigenvalue weighted by molar-refractivity contribution is 0.666. The Morgan fingerprint density at radius 1 is 0.391 bits per heavy atom. The van der Waals surface area contributed by atoms with Gasteiger partial charge in [-0.25, -0.2) is 0 Å². The first-order valence-electron chi connectivity index (χ1n) is 15.8. The molecular weight excluding hydrogens is 560 g/mol. The van der Waals surface area contributed by atoms with E-state index in [4.69, 9.17) is 4.42 Å². The highest BCUT2D eigenvalue weighted by Crippen LogP contribution is 2.39. The van der Waals surface area contributed by atoms with Crippen LogP contribution in [0.1, 0.15) is 5.56 Å². The minimum Gasteiger partial charge on any atom is -0.456 e. The maximum Gasteiger partial charge on any atom is 0.138 e. The van der Waals surface area contributed by atoms with Gasteiger partial charge in [0, 0.05) is 43.7 Å². The standard InChI is InChI=1S/C43H28N2O/c1-27-23-29(28-11-10-12-30(24-28)44-38-17-6-2-13-32(38)33-14-3-7-18-39(33)44)25-37-36-26-31(21-22-42(36)46-43(27)37)45-40-19-8-4-15-34(40)35-16-5-9-20-41(35)45/h2-26H,1H3. The van der Waals surface area contributed by atoms with E-state index in [1.54, 1.807) is 0 Å². The van der Waals surface area contributed by atoms with Crippen molar-refractivity contribution in [2.45, 2.75) is 6.92 Å². The molecule has 0 unspecified atom stereocenters. The summed E-state index contributed by atoms with van der Waals surface area (Å²) >= 11 is 0. The number of aromatic nitrogens is 2. The van der Waals surface area contributed by atoms with Crippen LogP contribution in [0.4, 0.5) is 0 Å². The van der Waals surface area contributed by atoms with E-state index in [0.29, 0.717) is 0 Å². The molecule has 0 spiro atoms. The number of hydrogen-bond acceptors (Lipinski definition) is 1. The van der Waals surface area contributed by atoms with Gasteiger partial charge in [-0.2, -0.15) is 0 Å². The van der Waals surface area contributed by atoms with E-state index in [2.05, 4.69) is 168 Å². The van der Waals surface area contributed by atoms with Crippen LogP contribution in [-0.4, -0.2) is 9.13 Å². The van der Waals surface area contributed by atoms with E-state index in [1.807, 2.05) is 0 Å². The van der Waals surface area contributed by atoms with Crippen LogP contribution in [0.15, 0.2) is 156 Å². The van der Waals surface area contributed by atoms with Crippen molar-refractivity contribution in [3.8, 4) is 22.5 Å². The number of aryl methyl sites for hydroxylation is 1. The fourth-order valence-electron chi connectivity index (χ4n) is 7.57. The van der Waals surface area contributed by atoms with Crippen molar-refractivity contribution < 1.29 is 4.42 Å². The molecule has 3 aromatic heterocycles. The molecule has 0 aliphatic carbocycles. The molecule has 0 amide bonds. The maximum absolute atomic E-state index is 6.49. The molecule has 0 saturated heterocycles. The fraction of sp³-hybridized carbons (Fsp3) is 0.0233. The molecule has 3 heteroatoms. The highest BCUT2D eigenvalue weighted by Gasteiger charge is 2.17. The minimum absolute atomic E-state index is 0.902. The monoisotopic (exact) mass is 588 g/mol. The number of nitrogens with zero attached hydrogens (tertiary/aromatic N) is 2. The van der Waals surface area contributed by atoms with Crippen LogP contribution in [0.2, 0.25) is 0 Å². The van der Waals surface area contributed by atoms with Gasteiger partial charge in [0.05, 0.1) is 22.1 Å². The van der Waals surface area contributed by atoms with Crippen LogP contribution >= 0.6 is 0 Å². The van der Waals surface area contributed by atoms with Crippen molar-refractivity contribution in [3.05, 3.63) is 157 Å². The second-order valence-electron chi connectivity index (χ2n) is 12.2. The highest BCUT2D eigenvalue weighted by molar-refractivity contribution is 6.12. The fourth-order valence-corrected chi connectivity index (χ4v) is 7.57. The molecule has 0 atom stereocenters. The molecular formula is C43H28N2O. The van der Waals surface area contributed by atoms with Gasteiger partial charge in [0.15, 0.2) is 0 Å². The van der Waals surface area contributed by atoms with Crippen molar-refractivity contribution in [2.75, 3.05) is 0 Å². The van der Waals surface area contributed by atoms with Crippen LogP contribution in [0.3, 0.4) is 0 Å². The van der Waals surface area contributed by atoms with E-state index in [9.17, 15) is 0 Å². The van der Waals surface area contributed by atoms with Gasteiger partial charge in [-0.1, -0.05) is 84.9 Å². The molecule has 0 N–H and O–H groups in total. The third kappa shape index (κ3) is 3.54. The van der Waals surface area contributed by atoms with Crippen molar-refractivity contribution in [2.24, 2.45) is 0 Å². The number of benzene rings is 7. The average Bonchev–Trinajstić information content (AvgIpc) is 3.76. The quantitative estimate of drug-likeness (QED) is 0.201. The van der Waals surface area contributed by atoms with Gasteiger partial charge in [0.25, 0.3) is 0 Å². The molecule has 0 radical (unpaired) electrons. The summed E-state index contributed by atoms with van der Waals surface area (Å²) < 4.78 is 11.2. The second-order valence-corrected chi connectivity index (χ2v) is 12.2. The van der Waals surface area contributed by atoms with E-state index < -0.39 is 0 Å². The van der Waals surface area contributed by atoms with Crippen LogP contribution in [0.5, 0.6) is 0 Å². The lowest BCUT2D eigenvalue weighted by Crippen LogP contribution is -1.94. The van der Waals surface area contributed by atoms with Crippen molar-refractivity contribution >= 4 is 65.6 Å². The lowest BCUT2D eigenvalue weighted by atomic mass is 9.99. The van der Waals surface area contributed by atoms with Crippen LogP contribution in [0.25, 0.3) is 88.1 Å². The Hall–Kier alpha value is -6.06. The number of rotatable bonds is 3. The number of para-hydroxylation sites is 4. The maximum atomic E-state index is 6.49. The Balaban J connectivity index is 1.17. The Morgan fingerprint density at radius 2 is 0.913 bits per heavy atom.